The van der Waals surface area contributed by atoms with Gasteiger partial charge >= 0.3 is 0 Å². The molecule has 3 aromatic carbocycles. The number of nitrogens with one attached hydrogen (secondary N) is 1. The van der Waals surface area contributed by atoms with E-state index in [1.165, 1.54) is 11.8 Å². The van der Waals surface area contributed by atoms with Gasteiger partial charge in [-0.1, -0.05) is 77.5 Å². The Morgan fingerprint density at radius 1 is 1.09 bits per heavy atom. The fourth-order valence-electron chi connectivity index (χ4n) is 3.77. The molecule has 5 nitrogen and oxygen atoms in total. The number of rotatable bonds is 6. The van der Waals surface area contributed by atoms with Gasteiger partial charge in [0.2, 0.25) is 11.8 Å². The van der Waals surface area contributed by atoms with Crippen LogP contribution in [0, 0.1) is 13.8 Å². The van der Waals surface area contributed by atoms with Crippen molar-refractivity contribution in [3.63, 3.8) is 0 Å². The van der Waals surface area contributed by atoms with Crippen LogP contribution < -0.4 is 5.32 Å². The Morgan fingerprint density at radius 3 is 2.62 bits per heavy atom. The highest BCUT2D eigenvalue weighted by Gasteiger charge is 2.36. The standard InChI is InChI=1S/C27H26ClN3O2S/c1-18-11-12-23(19(2)15-18)30-26(33)24-17-25(32)31(14-13-20-7-4-3-5-8-20)27(34-24)29-22-10-6-9-21(28)16-22/h3-12,15-16,24H,13-14,17H2,1-2H3,(H,30,33). The van der Waals surface area contributed by atoms with Crippen LogP contribution in [0.2, 0.25) is 5.02 Å². The van der Waals surface area contributed by atoms with Gasteiger partial charge in [-0.3, -0.25) is 14.5 Å². The second-order valence-corrected chi connectivity index (χ2v) is 9.88. The number of carbonyl (C=O) groups is 2. The molecule has 174 valence electrons. The summed E-state index contributed by atoms with van der Waals surface area (Å²) in [5, 5.41) is 3.49. The molecule has 0 spiro atoms. The van der Waals surface area contributed by atoms with Crippen LogP contribution in [0.15, 0.2) is 77.8 Å². The predicted octanol–water partition coefficient (Wildman–Crippen LogP) is 6.16. The van der Waals surface area contributed by atoms with Gasteiger partial charge in [-0.15, -0.1) is 0 Å². The molecular weight excluding hydrogens is 466 g/mol. The summed E-state index contributed by atoms with van der Waals surface area (Å²) in [7, 11) is 0. The molecule has 1 aliphatic heterocycles. The molecule has 1 unspecified atom stereocenters. The highest BCUT2D eigenvalue weighted by molar-refractivity contribution is 8.15. The Bertz CT molecular complexity index is 1230. The number of aliphatic imine (C=N–C) groups is 1. The van der Waals surface area contributed by atoms with Gasteiger partial charge in [-0.2, -0.15) is 0 Å². The maximum Gasteiger partial charge on any atom is 0.238 e. The number of aryl methyl sites for hydroxylation is 2. The topological polar surface area (TPSA) is 61.8 Å². The molecule has 1 heterocycles. The molecular formula is C27H26ClN3O2S. The zero-order valence-electron chi connectivity index (χ0n) is 19.1. The monoisotopic (exact) mass is 491 g/mol. The first kappa shape index (κ1) is 24.0. The van der Waals surface area contributed by atoms with Gasteiger partial charge in [0.15, 0.2) is 5.17 Å². The largest absolute Gasteiger partial charge is 0.325 e. The third-order valence-corrected chi connectivity index (χ3v) is 6.99. The Kier molecular flexibility index (Phi) is 7.70. The highest BCUT2D eigenvalue weighted by Crippen LogP contribution is 2.31. The predicted molar refractivity (Wildman–Crippen MR) is 141 cm³/mol. The van der Waals surface area contributed by atoms with Crippen LogP contribution in [0.25, 0.3) is 0 Å². The van der Waals surface area contributed by atoms with Crippen LogP contribution in [0.4, 0.5) is 11.4 Å². The molecule has 0 saturated carbocycles. The Morgan fingerprint density at radius 2 is 1.88 bits per heavy atom. The second kappa shape index (κ2) is 10.9. The van der Waals surface area contributed by atoms with Crippen LogP contribution in [0.3, 0.4) is 0 Å². The number of hydrogen-bond donors (Lipinski definition) is 1. The number of amidine groups is 1. The number of thioether (sulfide) groups is 1. The van der Waals surface area contributed by atoms with Gasteiger partial charge in [0.25, 0.3) is 0 Å². The maximum absolute atomic E-state index is 13.2. The Labute approximate surface area is 209 Å². The van der Waals surface area contributed by atoms with Gasteiger partial charge in [0.1, 0.15) is 5.25 Å². The van der Waals surface area contributed by atoms with Crippen LogP contribution in [0.5, 0.6) is 0 Å². The lowest BCUT2D eigenvalue weighted by atomic mass is 10.1. The molecule has 1 N–H and O–H groups in total. The minimum Gasteiger partial charge on any atom is -0.325 e. The average Bonchev–Trinajstić information content (AvgIpc) is 2.81. The summed E-state index contributed by atoms with van der Waals surface area (Å²) < 4.78 is 0. The van der Waals surface area contributed by atoms with Crippen LogP contribution in [-0.2, 0) is 16.0 Å². The molecule has 1 fully saturated rings. The Hall–Kier alpha value is -3.09. The van der Waals surface area contributed by atoms with E-state index in [4.69, 9.17) is 16.6 Å². The van der Waals surface area contributed by atoms with Gasteiger partial charge in [-0.05, 0) is 55.7 Å². The zero-order chi connectivity index (χ0) is 24.1. The van der Waals surface area contributed by atoms with E-state index in [0.29, 0.717) is 28.8 Å². The number of carbonyl (C=O) groups excluding carboxylic acids is 2. The van der Waals surface area contributed by atoms with E-state index < -0.39 is 5.25 Å². The molecule has 1 aliphatic rings. The van der Waals surface area contributed by atoms with Gasteiger partial charge < -0.3 is 5.32 Å². The number of halogens is 1. The van der Waals surface area contributed by atoms with Crippen molar-refractivity contribution in [2.24, 2.45) is 4.99 Å². The zero-order valence-corrected chi connectivity index (χ0v) is 20.7. The van der Waals surface area contributed by atoms with E-state index in [0.717, 1.165) is 22.4 Å². The number of amides is 2. The average molecular weight is 492 g/mol. The van der Waals surface area contributed by atoms with Crippen LogP contribution >= 0.6 is 23.4 Å². The van der Waals surface area contributed by atoms with E-state index in [1.807, 2.05) is 74.5 Å². The maximum atomic E-state index is 13.2. The van der Waals surface area contributed by atoms with Crippen molar-refractivity contribution in [3.05, 3.63) is 94.5 Å². The molecule has 1 atom stereocenters. The van der Waals surface area contributed by atoms with Crippen LogP contribution in [-0.4, -0.2) is 33.7 Å². The molecule has 0 radical (unpaired) electrons. The van der Waals surface area contributed by atoms with Crippen LogP contribution in [0.1, 0.15) is 23.1 Å². The van der Waals surface area contributed by atoms with E-state index in [9.17, 15) is 9.59 Å². The van der Waals surface area contributed by atoms with Crippen molar-refractivity contribution in [3.8, 4) is 0 Å². The summed E-state index contributed by atoms with van der Waals surface area (Å²) in [6, 6.07) is 23.0. The molecule has 0 bridgehead atoms. The van der Waals surface area contributed by atoms with Gasteiger partial charge in [0, 0.05) is 23.7 Å². The third kappa shape index (κ3) is 6.07. The van der Waals surface area contributed by atoms with E-state index in [-0.39, 0.29) is 18.2 Å². The molecule has 0 aliphatic carbocycles. The normalized spacial score (nSPS) is 17.1. The van der Waals surface area contributed by atoms with Gasteiger partial charge in [-0.25, -0.2) is 4.99 Å². The van der Waals surface area contributed by atoms with E-state index in [1.54, 1.807) is 17.0 Å². The third-order valence-electron chi connectivity index (χ3n) is 5.57. The number of anilines is 1. The highest BCUT2D eigenvalue weighted by atomic mass is 35.5. The fourth-order valence-corrected chi connectivity index (χ4v) is 5.08. The quantitative estimate of drug-likeness (QED) is 0.449. The van der Waals surface area contributed by atoms with Crippen molar-refractivity contribution in [1.82, 2.24) is 4.90 Å². The summed E-state index contributed by atoms with van der Waals surface area (Å²) in [6.07, 6.45) is 0.811. The first-order chi connectivity index (χ1) is 16.4. The molecule has 4 rings (SSSR count). The summed E-state index contributed by atoms with van der Waals surface area (Å²) in [5.74, 6) is -0.317. The van der Waals surface area contributed by atoms with Crippen molar-refractivity contribution in [2.75, 3.05) is 11.9 Å². The lowest BCUT2D eigenvalue weighted by Gasteiger charge is -2.32. The molecule has 2 amide bonds. The summed E-state index contributed by atoms with van der Waals surface area (Å²) >= 11 is 7.46. The minimum absolute atomic E-state index is 0.115. The summed E-state index contributed by atoms with van der Waals surface area (Å²) in [6.45, 7) is 4.46. The molecule has 3 aromatic rings. The van der Waals surface area contributed by atoms with Crippen molar-refractivity contribution in [2.45, 2.75) is 31.9 Å². The summed E-state index contributed by atoms with van der Waals surface area (Å²) in [5.41, 5.74) is 4.64. The number of hydrogen-bond acceptors (Lipinski definition) is 4. The molecule has 34 heavy (non-hydrogen) atoms. The second-order valence-electron chi connectivity index (χ2n) is 8.27. The molecule has 0 aromatic heterocycles. The van der Waals surface area contributed by atoms with Crippen molar-refractivity contribution >= 4 is 51.7 Å². The SMILES string of the molecule is Cc1ccc(NC(=O)C2CC(=O)N(CCc3ccccc3)C(=Nc3cccc(Cl)c3)S2)c(C)c1. The molecule has 1 saturated heterocycles. The first-order valence-electron chi connectivity index (χ1n) is 11.1. The van der Waals surface area contributed by atoms with E-state index >= 15 is 0 Å². The molecule has 7 heteroatoms. The fraction of sp³-hybridized carbons (Fsp3) is 0.222. The van der Waals surface area contributed by atoms with E-state index in [2.05, 4.69) is 5.32 Å². The first-order valence-corrected chi connectivity index (χ1v) is 12.4. The number of benzene rings is 3. The summed E-state index contributed by atoms with van der Waals surface area (Å²) in [4.78, 5) is 32.7. The lowest BCUT2D eigenvalue weighted by molar-refractivity contribution is -0.129. The smallest absolute Gasteiger partial charge is 0.238 e. The minimum atomic E-state index is -0.570. The number of nitrogens with zero attached hydrogens (tertiary/aromatic N) is 2. The van der Waals surface area contributed by atoms with Gasteiger partial charge in [0.05, 0.1) is 5.69 Å². The Balaban J connectivity index is 1.56. The lowest BCUT2D eigenvalue weighted by Crippen LogP contribution is -2.46. The van der Waals surface area contributed by atoms with Crippen molar-refractivity contribution in [1.29, 1.82) is 0 Å². The van der Waals surface area contributed by atoms with Crippen molar-refractivity contribution < 1.29 is 9.59 Å².